The van der Waals surface area contributed by atoms with Crippen molar-refractivity contribution in [3.63, 3.8) is 0 Å². The van der Waals surface area contributed by atoms with E-state index in [2.05, 4.69) is 12.2 Å². The Balaban J connectivity index is 1.80. The molecule has 2 rings (SSSR count). The molecular formula is C18H26N2O3. The summed E-state index contributed by atoms with van der Waals surface area (Å²) in [6.07, 6.45) is 3.02. The first-order valence-electron chi connectivity index (χ1n) is 8.28. The third-order valence-corrected chi connectivity index (χ3v) is 4.34. The van der Waals surface area contributed by atoms with Crippen LogP contribution in [-0.4, -0.2) is 43.0 Å². The van der Waals surface area contributed by atoms with Gasteiger partial charge in [-0.3, -0.25) is 9.59 Å². The van der Waals surface area contributed by atoms with Gasteiger partial charge in [-0.05, 0) is 31.7 Å². The fourth-order valence-corrected chi connectivity index (χ4v) is 3.02. The van der Waals surface area contributed by atoms with Crippen molar-refractivity contribution in [3.05, 3.63) is 35.9 Å². The SMILES string of the molecule is COC(C(=O)NCCC(=O)N1CCCCC1C)c1ccccc1. The number of carbonyl (C=O) groups is 2. The van der Waals surface area contributed by atoms with E-state index in [0.717, 1.165) is 24.9 Å². The molecule has 0 aromatic heterocycles. The van der Waals surface area contributed by atoms with E-state index >= 15 is 0 Å². The highest BCUT2D eigenvalue weighted by atomic mass is 16.5. The van der Waals surface area contributed by atoms with Crippen LogP contribution in [-0.2, 0) is 14.3 Å². The van der Waals surface area contributed by atoms with Crippen LogP contribution in [0.3, 0.4) is 0 Å². The predicted molar refractivity (Wildman–Crippen MR) is 88.8 cm³/mol. The number of hydrogen-bond acceptors (Lipinski definition) is 3. The minimum Gasteiger partial charge on any atom is -0.367 e. The zero-order valence-corrected chi connectivity index (χ0v) is 14.0. The van der Waals surface area contributed by atoms with Crippen LogP contribution in [0.2, 0.25) is 0 Å². The molecule has 0 bridgehead atoms. The molecule has 5 nitrogen and oxygen atoms in total. The van der Waals surface area contributed by atoms with E-state index in [4.69, 9.17) is 4.74 Å². The van der Waals surface area contributed by atoms with Crippen LogP contribution in [0, 0.1) is 0 Å². The summed E-state index contributed by atoms with van der Waals surface area (Å²) in [5.74, 6) is -0.0932. The van der Waals surface area contributed by atoms with E-state index in [1.807, 2.05) is 35.2 Å². The lowest BCUT2D eigenvalue weighted by atomic mass is 10.0. The number of piperidine rings is 1. The number of nitrogens with zero attached hydrogens (tertiary/aromatic N) is 1. The molecule has 1 aromatic rings. The fraction of sp³-hybridized carbons (Fsp3) is 0.556. The quantitative estimate of drug-likeness (QED) is 0.875. The predicted octanol–water partition coefficient (Wildman–Crippen LogP) is 2.28. The van der Waals surface area contributed by atoms with Crippen LogP contribution in [0.25, 0.3) is 0 Å². The number of hydrogen-bond donors (Lipinski definition) is 1. The number of amides is 2. The van der Waals surface area contributed by atoms with Crippen LogP contribution in [0.4, 0.5) is 0 Å². The average Bonchev–Trinajstić information content (AvgIpc) is 2.57. The van der Waals surface area contributed by atoms with E-state index in [0.29, 0.717) is 19.0 Å². The molecule has 1 fully saturated rings. The maximum atomic E-state index is 12.2. The van der Waals surface area contributed by atoms with E-state index in [9.17, 15) is 9.59 Å². The van der Waals surface area contributed by atoms with Crippen LogP contribution in [0.5, 0.6) is 0 Å². The molecule has 0 radical (unpaired) electrons. The summed E-state index contributed by atoms with van der Waals surface area (Å²) in [5, 5.41) is 2.81. The molecule has 1 heterocycles. The third kappa shape index (κ3) is 4.79. The first-order chi connectivity index (χ1) is 11.1. The molecule has 2 amide bonds. The number of likely N-dealkylation sites (tertiary alicyclic amines) is 1. The zero-order valence-electron chi connectivity index (χ0n) is 14.0. The molecular weight excluding hydrogens is 292 g/mol. The maximum Gasteiger partial charge on any atom is 0.253 e. The number of nitrogens with one attached hydrogen (secondary N) is 1. The molecule has 0 spiro atoms. The van der Waals surface area contributed by atoms with Crippen LogP contribution < -0.4 is 5.32 Å². The summed E-state index contributed by atoms with van der Waals surface area (Å²) >= 11 is 0. The average molecular weight is 318 g/mol. The van der Waals surface area contributed by atoms with Gasteiger partial charge in [0.15, 0.2) is 6.10 Å². The summed E-state index contributed by atoms with van der Waals surface area (Å²) in [4.78, 5) is 26.4. The Bertz CT molecular complexity index is 518. The van der Waals surface area contributed by atoms with Crippen molar-refractivity contribution in [2.24, 2.45) is 0 Å². The second-order valence-corrected chi connectivity index (χ2v) is 6.00. The zero-order chi connectivity index (χ0) is 16.7. The van der Waals surface area contributed by atoms with Gasteiger partial charge in [0.05, 0.1) is 0 Å². The number of rotatable bonds is 6. The second-order valence-electron chi connectivity index (χ2n) is 6.00. The van der Waals surface area contributed by atoms with Gasteiger partial charge in [-0.25, -0.2) is 0 Å². The van der Waals surface area contributed by atoms with Crippen molar-refractivity contribution in [2.75, 3.05) is 20.2 Å². The Morgan fingerprint density at radius 2 is 2.04 bits per heavy atom. The van der Waals surface area contributed by atoms with Gasteiger partial charge in [-0.1, -0.05) is 30.3 Å². The molecule has 2 unspecified atom stereocenters. The standard InChI is InChI=1S/C18H26N2O3/c1-14-8-6-7-13-20(14)16(21)11-12-19-18(22)17(23-2)15-9-4-3-5-10-15/h3-5,9-10,14,17H,6-8,11-13H2,1-2H3,(H,19,22). The number of methoxy groups -OCH3 is 1. The smallest absolute Gasteiger partial charge is 0.253 e. The van der Waals surface area contributed by atoms with Crippen molar-refractivity contribution in [3.8, 4) is 0 Å². The van der Waals surface area contributed by atoms with Gasteiger partial charge in [-0.2, -0.15) is 0 Å². The highest BCUT2D eigenvalue weighted by Crippen LogP contribution is 2.18. The lowest BCUT2D eigenvalue weighted by Crippen LogP contribution is -2.43. The van der Waals surface area contributed by atoms with Crippen LogP contribution in [0.15, 0.2) is 30.3 Å². The molecule has 1 N–H and O–H groups in total. The topological polar surface area (TPSA) is 58.6 Å². The molecule has 2 atom stereocenters. The normalized spacial score (nSPS) is 19.2. The number of ether oxygens (including phenoxy) is 1. The molecule has 0 saturated carbocycles. The molecule has 1 saturated heterocycles. The highest BCUT2D eigenvalue weighted by molar-refractivity contribution is 5.83. The van der Waals surface area contributed by atoms with Crippen molar-refractivity contribution in [1.29, 1.82) is 0 Å². The number of carbonyl (C=O) groups excluding carboxylic acids is 2. The summed E-state index contributed by atoms with van der Waals surface area (Å²) in [6, 6.07) is 9.66. The minimum atomic E-state index is -0.639. The fourth-order valence-electron chi connectivity index (χ4n) is 3.02. The van der Waals surface area contributed by atoms with Gasteiger partial charge < -0.3 is 15.0 Å². The number of benzene rings is 1. The van der Waals surface area contributed by atoms with Gasteiger partial charge in [0.25, 0.3) is 5.91 Å². The van der Waals surface area contributed by atoms with Gasteiger partial charge in [0, 0.05) is 32.7 Å². The molecule has 1 aliphatic heterocycles. The summed E-state index contributed by atoms with van der Waals surface area (Å²) in [5.41, 5.74) is 0.809. The third-order valence-electron chi connectivity index (χ3n) is 4.34. The van der Waals surface area contributed by atoms with Crippen molar-refractivity contribution >= 4 is 11.8 Å². The first kappa shape index (κ1) is 17.5. The Kier molecular flexibility index (Phi) is 6.59. The molecule has 5 heteroatoms. The molecule has 1 aromatic carbocycles. The van der Waals surface area contributed by atoms with Crippen molar-refractivity contribution in [1.82, 2.24) is 10.2 Å². The lowest BCUT2D eigenvalue weighted by Gasteiger charge is -2.33. The largest absolute Gasteiger partial charge is 0.367 e. The molecule has 0 aliphatic carbocycles. The van der Waals surface area contributed by atoms with Gasteiger partial charge in [0.1, 0.15) is 0 Å². The Morgan fingerprint density at radius 3 is 2.70 bits per heavy atom. The Hall–Kier alpha value is -1.88. The van der Waals surface area contributed by atoms with E-state index in [1.165, 1.54) is 13.5 Å². The van der Waals surface area contributed by atoms with Gasteiger partial charge in [0.2, 0.25) is 5.91 Å². The minimum absolute atomic E-state index is 0.117. The highest BCUT2D eigenvalue weighted by Gasteiger charge is 2.24. The molecule has 126 valence electrons. The van der Waals surface area contributed by atoms with Gasteiger partial charge in [-0.15, -0.1) is 0 Å². The maximum absolute atomic E-state index is 12.2. The van der Waals surface area contributed by atoms with E-state index < -0.39 is 6.10 Å². The molecule has 1 aliphatic rings. The Labute approximate surface area is 138 Å². The van der Waals surface area contributed by atoms with Gasteiger partial charge >= 0.3 is 0 Å². The molecule has 23 heavy (non-hydrogen) atoms. The van der Waals surface area contributed by atoms with Crippen LogP contribution in [0.1, 0.15) is 44.3 Å². The van der Waals surface area contributed by atoms with Crippen LogP contribution >= 0.6 is 0 Å². The summed E-state index contributed by atoms with van der Waals surface area (Å²) in [6.45, 7) is 3.26. The van der Waals surface area contributed by atoms with Crippen molar-refractivity contribution in [2.45, 2.75) is 44.8 Å². The summed E-state index contributed by atoms with van der Waals surface area (Å²) < 4.78 is 5.28. The summed E-state index contributed by atoms with van der Waals surface area (Å²) in [7, 11) is 1.51. The van der Waals surface area contributed by atoms with E-state index in [1.54, 1.807) is 0 Å². The Morgan fingerprint density at radius 1 is 1.30 bits per heavy atom. The van der Waals surface area contributed by atoms with Crippen molar-refractivity contribution < 1.29 is 14.3 Å². The first-order valence-corrected chi connectivity index (χ1v) is 8.28. The monoisotopic (exact) mass is 318 g/mol. The van der Waals surface area contributed by atoms with E-state index in [-0.39, 0.29) is 11.8 Å². The second kappa shape index (κ2) is 8.67. The lowest BCUT2D eigenvalue weighted by molar-refractivity contribution is -0.135.